The van der Waals surface area contributed by atoms with Gasteiger partial charge in [-0.05, 0) is 42.7 Å². The molecule has 1 aromatic rings. The van der Waals surface area contributed by atoms with Crippen LogP contribution in [0.5, 0.6) is 5.75 Å². The van der Waals surface area contributed by atoms with Crippen molar-refractivity contribution in [2.24, 2.45) is 0 Å². The Morgan fingerprint density at radius 3 is 3.00 bits per heavy atom. The summed E-state index contributed by atoms with van der Waals surface area (Å²) in [5, 5.41) is 9.08. The Kier molecular flexibility index (Phi) is 4.20. The van der Waals surface area contributed by atoms with Crippen LogP contribution in [0, 0.1) is 13.0 Å². The topological polar surface area (TPSA) is 49.8 Å². The van der Waals surface area contributed by atoms with E-state index < -0.39 is 0 Å². The first kappa shape index (κ1) is 12.9. The second-order valence-corrected chi connectivity index (χ2v) is 4.52. The van der Waals surface area contributed by atoms with Gasteiger partial charge in [-0.1, -0.05) is 0 Å². The van der Waals surface area contributed by atoms with E-state index in [2.05, 4.69) is 6.07 Å². The van der Waals surface area contributed by atoms with E-state index >= 15 is 0 Å². The zero-order valence-corrected chi connectivity index (χ0v) is 10.6. The minimum absolute atomic E-state index is 0.0390. The van der Waals surface area contributed by atoms with Gasteiger partial charge >= 0.3 is 0 Å². The predicted octanol–water partition coefficient (Wildman–Crippen LogP) is 1.29. The van der Waals surface area contributed by atoms with E-state index in [1.54, 1.807) is 6.07 Å². The first-order valence-electron chi connectivity index (χ1n) is 6.23. The summed E-state index contributed by atoms with van der Waals surface area (Å²) in [7, 11) is 0. The summed E-state index contributed by atoms with van der Waals surface area (Å²) in [6, 6.07) is 6.70. The number of carbonyl (C=O) groups excluding carboxylic acids is 1. The van der Waals surface area contributed by atoms with Crippen molar-refractivity contribution in [1.82, 2.24) is 4.90 Å². The number of aryl methyl sites for hydroxylation is 1. The summed E-state index contributed by atoms with van der Waals surface area (Å²) < 4.78 is 5.61. The third-order valence-corrected chi connectivity index (χ3v) is 3.00. The molecule has 1 N–H and O–H groups in total. The molecule has 0 atom stereocenters. The molecule has 1 fully saturated rings. The lowest BCUT2D eigenvalue weighted by molar-refractivity contribution is -0.128. The fourth-order valence-corrected chi connectivity index (χ4v) is 2.13. The molecule has 0 aliphatic carbocycles. The molecule has 0 saturated carbocycles. The molecule has 1 aliphatic heterocycles. The molecule has 1 saturated heterocycles. The Bertz CT molecular complexity index is 431. The molecule has 1 amide bonds. The minimum atomic E-state index is -0.0390. The maximum atomic E-state index is 11.4. The van der Waals surface area contributed by atoms with E-state index in [0.717, 1.165) is 29.8 Å². The number of rotatable bonds is 5. The van der Waals surface area contributed by atoms with E-state index in [4.69, 9.17) is 9.84 Å². The third kappa shape index (κ3) is 3.23. The van der Waals surface area contributed by atoms with Crippen LogP contribution in [0.1, 0.15) is 24.0 Å². The summed E-state index contributed by atoms with van der Waals surface area (Å²) in [6.45, 7) is 3.83. The molecule has 97 valence electrons. The second-order valence-electron chi connectivity index (χ2n) is 4.52. The number of aliphatic hydroxyl groups is 1. The first-order valence-corrected chi connectivity index (χ1v) is 6.23. The number of nitrogens with zero attached hydrogens (tertiary/aromatic N) is 1. The van der Waals surface area contributed by atoms with Crippen molar-refractivity contribution in [2.45, 2.75) is 26.4 Å². The van der Waals surface area contributed by atoms with Crippen LogP contribution in [0.15, 0.2) is 12.1 Å². The van der Waals surface area contributed by atoms with Crippen LogP contribution in [0.3, 0.4) is 0 Å². The molecule has 4 heteroatoms. The van der Waals surface area contributed by atoms with E-state index in [-0.39, 0.29) is 12.5 Å². The van der Waals surface area contributed by atoms with Crippen molar-refractivity contribution < 1.29 is 14.6 Å². The van der Waals surface area contributed by atoms with Gasteiger partial charge in [0.25, 0.3) is 0 Å². The molecule has 0 aromatic heterocycles. The molecule has 1 radical (unpaired) electrons. The summed E-state index contributed by atoms with van der Waals surface area (Å²) in [4.78, 5) is 13.2. The maximum absolute atomic E-state index is 11.4. The maximum Gasteiger partial charge on any atom is 0.222 e. The number of benzene rings is 1. The highest BCUT2D eigenvalue weighted by Crippen LogP contribution is 2.17. The number of carbonyl (C=O) groups is 1. The van der Waals surface area contributed by atoms with Crippen molar-refractivity contribution in [3.05, 3.63) is 29.3 Å². The van der Waals surface area contributed by atoms with Gasteiger partial charge in [0.1, 0.15) is 12.4 Å². The van der Waals surface area contributed by atoms with Crippen LogP contribution in [-0.2, 0) is 11.4 Å². The van der Waals surface area contributed by atoms with Crippen molar-refractivity contribution in [3.8, 4) is 5.75 Å². The Labute approximate surface area is 107 Å². The quantitative estimate of drug-likeness (QED) is 0.854. The summed E-state index contributed by atoms with van der Waals surface area (Å²) in [6.07, 6.45) is 1.61. The average Bonchev–Trinajstić information content (AvgIpc) is 2.74. The Hall–Kier alpha value is -1.55. The van der Waals surface area contributed by atoms with Gasteiger partial charge in [0.2, 0.25) is 5.91 Å². The van der Waals surface area contributed by atoms with Crippen molar-refractivity contribution in [2.75, 3.05) is 19.7 Å². The number of amides is 1. The highest BCUT2D eigenvalue weighted by Gasteiger charge is 2.19. The highest BCUT2D eigenvalue weighted by atomic mass is 16.5. The van der Waals surface area contributed by atoms with Crippen LogP contribution >= 0.6 is 0 Å². The van der Waals surface area contributed by atoms with Crippen LogP contribution in [-0.4, -0.2) is 35.6 Å². The Morgan fingerprint density at radius 1 is 1.50 bits per heavy atom. The molecule has 4 nitrogen and oxygen atoms in total. The van der Waals surface area contributed by atoms with Gasteiger partial charge in [-0.25, -0.2) is 0 Å². The number of likely N-dealkylation sites (tertiary alicyclic amines) is 1. The summed E-state index contributed by atoms with van der Waals surface area (Å²) >= 11 is 0. The summed E-state index contributed by atoms with van der Waals surface area (Å²) in [5.41, 5.74) is 1.66. The molecule has 1 aliphatic rings. The van der Waals surface area contributed by atoms with Gasteiger partial charge in [-0.15, -0.1) is 0 Å². The lowest BCUT2D eigenvalue weighted by Crippen LogP contribution is -2.29. The number of aliphatic hydroxyl groups excluding tert-OH is 1. The molecule has 2 rings (SSSR count). The van der Waals surface area contributed by atoms with Crippen molar-refractivity contribution in [3.63, 3.8) is 0 Å². The normalized spacial score (nSPS) is 15.2. The SMILES string of the molecule is Cc1[c]c(CO)cc(OCCN2CCCC2=O)c1. The first-order chi connectivity index (χ1) is 8.69. The average molecular weight is 248 g/mol. The monoisotopic (exact) mass is 248 g/mol. The fourth-order valence-electron chi connectivity index (χ4n) is 2.13. The fraction of sp³-hybridized carbons (Fsp3) is 0.500. The van der Waals surface area contributed by atoms with Crippen molar-refractivity contribution >= 4 is 5.91 Å². The largest absolute Gasteiger partial charge is 0.492 e. The predicted molar refractivity (Wildman–Crippen MR) is 67.2 cm³/mol. The van der Waals surface area contributed by atoms with Gasteiger partial charge in [0.05, 0.1) is 13.2 Å². The lowest BCUT2D eigenvalue weighted by atomic mass is 10.1. The van der Waals surface area contributed by atoms with E-state index in [9.17, 15) is 4.79 Å². The lowest BCUT2D eigenvalue weighted by Gasteiger charge is -2.16. The summed E-state index contributed by atoms with van der Waals surface area (Å²) in [5.74, 6) is 0.939. The second kappa shape index (κ2) is 5.87. The molecule has 0 spiro atoms. The smallest absolute Gasteiger partial charge is 0.222 e. The Morgan fingerprint density at radius 2 is 2.33 bits per heavy atom. The molecule has 18 heavy (non-hydrogen) atoms. The molecule has 0 unspecified atom stereocenters. The van der Waals surface area contributed by atoms with Crippen LogP contribution < -0.4 is 4.74 Å². The highest BCUT2D eigenvalue weighted by molar-refractivity contribution is 5.78. The minimum Gasteiger partial charge on any atom is -0.492 e. The van der Waals surface area contributed by atoms with Gasteiger partial charge in [0.15, 0.2) is 0 Å². The van der Waals surface area contributed by atoms with Gasteiger partial charge in [-0.2, -0.15) is 0 Å². The van der Waals surface area contributed by atoms with Gasteiger partial charge in [-0.3, -0.25) is 4.79 Å². The van der Waals surface area contributed by atoms with Crippen LogP contribution in [0.4, 0.5) is 0 Å². The number of hydrogen-bond acceptors (Lipinski definition) is 3. The van der Waals surface area contributed by atoms with Gasteiger partial charge in [0, 0.05) is 13.0 Å². The molecule has 1 heterocycles. The van der Waals surface area contributed by atoms with E-state index in [1.807, 2.05) is 17.9 Å². The van der Waals surface area contributed by atoms with Crippen LogP contribution in [0.2, 0.25) is 0 Å². The number of hydrogen-bond donors (Lipinski definition) is 1. The molecule has 1 aromatic carbocycles. The number of ether oxygens (including phenoxy) is 1. The molecular weight excluding hydrogens is 230 g/mol. The Balaban J connectivity index is 1.86. The zero-order valence-electron chi connectivity index (χ0n) is 10.6. The van der Waals surface area contributed by atoms with Crippen molar-refractivity contribution in [1.29, 1.82) is 0 Å². The molecule has 0 bridgehead atoms. The zero-order chi connectivity index (χ0) is 13.0. The van der Waals surface area contributed by atoms with Crippen LogP contribution in [0.25, 0.3) is 0 Å². The van der Waals surface area contributed by atoms with E-state index in [0.29, 0.717) is 19.6 Å². The standard InChI is InChI=1S/C14H18NO3/c1-11-7-12(10-16)9-13(8-11)18-6-5-15-4-2-3-14(15)17/h8-9,16H,2-6,10H2,1H3. The van der Waals surface area contributed by atoms with Gasteiger partial charge < -0.3 is 14.7 Å². The third-order valence-electron chi connectivity index (χ3n) is 3.00. The van der Waals surface area contributed by atoms with E-state index in [1.165, 1.54) is 0 Å². The molecular formula is C14H18NO3.